The quantitative estimate of drug-likeness (QED) is 0.772. The predicted molar refractivity (Wildman–Crippen MR) is 73.4 cm³/mol. The van der Waals surface area contributed by atoms with Crippen LogP contribution in [0.4, 0.5) is 0 Å². The minimum atomic E-state index is 0.349. The lowest BCUT2D eigenvalue weighted by molar-refractivity contribution is 0.0341. The molecule has 1 fully saturated rings. The lowest BCUT2D eigenvalue weighted by atomic mass is 9.84. The summed E-state index contributed by atoms with van der Waals surface area (Å²) in [6.07, 6.45) is 2.45. The number of nitrogens with one attached hydrogen (secondary N) is 1. The van der Waals surface area contributed by atoms with E-state index in [1.54, 1.807) is 0 Å². The highest BCUT2D eigenvalue weighted by Crippen LogP contribution is 2.22. The van der Waals surface area contributed by atoms with Gasteiger partial charge in [0.25, 0.3) is 0 Å². The maximum atomic E-state index is 5.38. The standard InChI is InChI=1S/C14H30N2O/c1-5-7-15-13(14(2,3)4)6-8-16-9-11-17-12-10-16/h13,15H,5-12H2,1-4H3. The van der Waals surface area contributed by atoms with Crippen LogP contribution in [-0.4, -0.2) is 50.3 Å². The van der Waals surface area contributed by atoms with Crippen LogP contribution in [0.1, 0.15) is 40.5 Å². The predicted octanol–water partition coefficient (Wildman–Crippen LogP) is 2.12. The molecule has 1 aliphatic heterocycles. The van der Waals surface area contributed by atoms with E-state index in [1.165, 1.54) is 19.4 Å². The molecule has 0 aromatic heterocycles. The van der Waals surface area contributed by atoms with Crippen molar-refractivity contribution in [2.75, 3.05) is 39.4 Å². The van der Waals surface area contributed by atoms with Crippen LogP contribution in [0.5, 0.6) is 0 Å². The van der Waals surface area contributed by atoms with Gasteiger partial charge in [-0.15, -0.1) is 0 Å². The second-order valence-corrected chi connectivity index (χ2v) is 6.12. The first-order valence-corrected chi connectivity index (χ1v) is 7.07. The van der Waals surface area contributed by atoms with Crippen LogP contribution >= 0.6 is 0 Å². The van der Waals surface area contributed by atoms with Crippen LogP contribution in [0.3, 0.4) is 0 Å². The second kappa shape index (κ2) is 7.34. The molecule has 1 N–H and O–H groups in total. The monoisotopic (exact) mass is 242 g/mol. The highest BCUT2D eigenvalue weighted by Gasteiger charge is 2.24. The van der Waals surface area contributed by atoms with E-state index >= 15 is 0 Å². The van der Waals surface area contributed by atoms with Crippen molar-refractivity contribution < 1.29 is 4.74 Å². The Morgan fingerprint density at radius 2 is 1.88 bits per heavy atom. The zero-order chi connectivity index (χ0) is 12.7. The van der Waals surface area contributed by atoms with E-state index in [9.17, 15) is 0 Å². The highest BCUT2D eigenvalue weighted by atomic mass is 16.5. The van der Waals surface area contributed by atoms with E-state index in [0.29, 0.717) is 11.5 Å². The maximum absolute atomic E-state index is 5.38. The Hall–Kier alpha value is -0.120. The highest BCUT2D eigenvalue weighted by molar-refractivity contribution is 4.81. The first-order chi connectivity index (χ1) is 8.04. The molecule has 0 aromatic rings. The largest absolute Gasteiger partial charge is 0.379 e. The molecule has 1 atom stereocenters. The molecular formula is C14H30N2O. The molecule has 3 heteroatoms. The fourth-order valence-corrected chi connectivity index (χ4v) is 2.30. The van der Waals surface area contributed by atoms with Crippen molar-refractivity contribution >= 4 is 0 Å². The van der Waals surface area contributed by atoms with E-state index in [4.69, 9.17) is 4.74 Å². The van der Waals surface area contributed by atoms with Gasteiger partial charge in [0.1, 0.15) is 0 Å². The molecule has 1 unspecified atom stereocenters. The zero-order valence-electron chi connectivity index (χ0n) is 12.1. The minimum Gasteiger partial charge on any atom is -0.379 e. The van der Waals surface area contributed by atoms with Crippen LogP contribution in [0.25, 0.3) is 0 Å². The Labute approximate surface area is 107 Å². The maximum Gasteiger partial charge on any atom is 0.0594 e. The molecule has 0 spiro atoms. The number of hydrogen-bond acceptors (Lipinski definition) is 3. The Balaban J connectivity index is 2.31. The number of nitrogens with zero attached hydrogens (tertiary/aromatic N) is 1. The molecule has 1 saturated heterocycles. The number of morpholine rings is 1. The molecular weight excluding hydrogens is 212 g/mol. The Morgan fingerprint density at radius 1 is 1.24 bits per heavy atom. The van der Waals surface area contributed by atoms with Gasteiger partial charge in [0.15, 0.2) is 0 Å². The van der Waals surface area contributed by atoms with Crippen molar-refractivity contribution in [3.8, 4) is 0 Å². The van der Waals surface area contributed by atoms with Gasteiger partial charge in [-0.25, -0.2) is 0 Å². The van der Waals surface area contributed by atoms with Gasteiger partial charge in [-0.2, -0.15) is 0 Å². The third-order valence-corrected chi connectivity index (χ3v) is 3.52. The van der Waals surface area contributed by atoms with Crippen LogP contribution in [-0.2, 0) is 4.74 Å². The third kappa shape index (κ3) is 5.84. The van der Waals surface area contributed by atoms with Gasteiger partial charge in [0.05, 0.1) is 13.2 Å². The van der Waals surface area contributed by atoms with Crippen LogP contribution < -0.4 is 5.32 Å². The fraction of sp³-hybridized carbons (Fsp3) is 1.00. The average molecular weight is 242 g/mol. The van der Waals surface area contributed by atoms with Gasteiger partial charge in [-0.05, 0) is 31.3 Å². The Kier molecular flexibility index (Phi) is 6.45. The number of ether oxygens (including phenoxy) is 1. The molecule has 0 bridgehead atoms. The topological polar surface area (TPSA) is 24.5 Å². The van der Waals surface area contributed by atoms with E-state index in [1.807, 2.05) is 0 Å². The average Bonchev–Trinajstić information content (AvgIpc) is 2.29. The summed E-state index contributed by atoms with van der Waals surface area (Å²) in [5.74, 6) is 0. The summed E-state index contributed by atoms with van der Waals surface area (Å²) >= 11 is 0. The minimum absolute atomic E-state index is 0.349. The molecule has 3 nitrogen and oxygen atoms in total. The lowest BCUT2D eigenvalue weighted by Gasteiger charge is -2.34. The first-order valence-electron chi connectivity index (χ1n) is 7.07. The van der Waals surface area contributed by atoms with Gasteiger partial charge < -0.3 is 10.1 Å². The van der Waals surface area contributed by atoms with Gasteiger partial charge >= 0.3 is 0 Å². The smallest absolute Gasteiger partial charge is 0.0594 e. The normalized spacial score (nSPS) is 20.5. The van der Waals surface area contributed by atoms with Crippen molar-refractivity contribution in [1.29, 1.82) is 0 Å². The van der Waals surface area contributed by atoms with Gasteiger partial charge in [-0.1, -0.05) is 27.7 Å². The van der Waals surface area contributed by atoms with E-state index < -0.39 is 0 Å². The summed E-state index contributed by atoms with van der Waals surface area (Å²) in [6, 6.07) is 0.616. The van der Waals surface area contributed by atoms with Crippen molar-refractivity contribution in [3.63, 3.8) is 0 Å². The zero-order valence-corrected chi connectivity index (χ0v) is 12.1. The van der Waals surface area contributed by atoms with Crippen molar-refractivity contribution in [3.05, 3.63) is 0 Å². The van der Waals surface area contributed by atoms with Crippen LogP contribution in [0.2, 0.25) is 0 Å². The Morgan fingerprint density at radius 3 is 2.41 bits per heavy atom. The van der Waals surface area contributed by atoms with Gasteiger partial charge in [-0.3, -0.25) is 4.90 Å². The summed E-state index contributed by atoms with van der Waals surface area (Å²) < 4.78 is 5.38. The molecule has 1 heterocycles. The first kappa shape index (κ1) is 14.9. The summed E-state index contributed by atoms with van der Waals surface area (Å²) in [7, 11) is 0. The summed E-state index contributed by atoms with van der Waals surface area (Å²) in [5.41, 5.74) is 0.349. The molecule has 0 aromatic carbocycles. The number of hydrogen-bond donors (Lipinski definition) is 1. The van der Waals surface area contributed by atoms with Crippen LogP contribution in [0.15, 0.2) is 0 Å². The molecule has 1 rings (SSSR count). The molecule has 0 saturated carbocycles. The number of rotatable bonds is 6. The van der Waals surface area contributed by atoms with E-state index in [-0.39, 0.29) is 0 Å². The molecule has 0 amide bonds. The van der Waals surface area contributed by atoms with Gasteiger partial charge in [0.2, 0.25) is 0 Å². The molecule has 0 radical (unpaired) electrons. The van der Waals surface area contributed by atoms with Gasteiger partial charge in [0, 0.05) is 19.1 Å². The second-order valence-electron chi connectivity index (χ2n) is 6.12. The van der Waals surface area contributed by atoms with Crippen molar-refractivity contribution in [2.24, 2.45) is 5.41 Å². The summed E-state index contributed by atoms with van der Waals surface area (Å²) in [4.78, 5) is 2.52. The molecule has 17 heavy (non-hydrogen) atoms. The molecule has 1 aliphatic rings. The Bertz CT molecular complexity index is 195. The van der Waals surface area contributed by atoms with Crippen molar-refractivity contribution in [2.45, 2.75) is 46.6 Å². The summed E-state index contributed by atoms with van der Waals surface area (Å²) in [6.45, 7) is 15.6. The summed E-state index contributed by atoms with van der Waals surface area (Å²) in [5, 5.41) is 3.69. The lowest BCUT2D eigenvalue weighted by Crippen LogP contribution is -2.45. The molecule has 102 valence electrons. The fourth-order valence-electron chi connectivity index (χ4n) is 2.30. The molecule has 0 aliphatic carbocycles. The van der Waals surface area contributed by atoms with E-state index in [2.05, 4.69) is 37.9 Å². The van der Waals surface area contributed by atoms with E-state index in [0.717, 1.165) is 32.8 Å². The third-order valence-electron chi connectivity index (χ3n) is 3.52. The van der Waals surface area contributed by atoms with Crippen molar-refractivity contribution in [1.82, 2.24) is 10.2 Å². The van der Waals surface area contributed by atoms with Crippen LogP contribution in [0, 0.1) is 5.41 Å². The SMILES string of the molecule is CCCNC(CCN1CCOCC1)C(C)(C)C.